The van der Waals surface area contributed by atoms with E-state index in [0.717, 1.165) is 11.1 Å². The molecule has 0 saturated carbocycles. The second kappa shape index (κ2) is 27.9. The molecule has 0 saturated heterocycles. The van der Waals surface area contributed by atoms with Crippen LogP contribution in [0.2, 0.25) is 0 Å². The van der Waals surface area contributed by atoms with Crippen LogP contribution in [-0.4, -0.2) is 92.7 Å². The number of hydrogen-bond acceptors (Lipinski definition) is 12. The number of carbonyl (C=O) groups is 5. The lowest BCUT2D eigenvalue weighted by Crippen LogP contribution is -2.48. The number of aryl methyl sites for hydroxylation is 2. The Morgan fingerprint density at radius 1 is 0.487 bits per heavy atom. The lowest BCUT2D eigenvalue weighted by molar-refractivity contribution is -0.137. The van der Waals surface area contributed by atoms with Gasteiger partial charge in [-0.1, -0.05) is 121 Å². The molecule has 5 N–H and O–H groups in total. The quantitative estimate of drug-likeness (QED) is 0.0366. The molecule has 5 aromatic carbocycles. The predicted molar refractivity (Wildman–Crippen MR) is 289 cm³/mol. The molecule has 0 radical (unpaired) electrons. The minimum absolute atomic E-state index is 0.00921. The van der Waals surface area contributed by atoms with Crippen molar-refractivity contribution in [2.45, 2.75) is 45.3 Å². The predicted octanol–water partition coefficient (Wildman–Crippen LogP) is 6.22. The first-order valence-corrected chi connectivity index (χ1v) is 25.0. The van der Waals surface area contributed by atoms with Crippen molar-refractivity contribution in [3.05, 3.63) is 223 Å². The van der Waals surface area contributed by atoms with E-state index in [1.165, 1.54) is 59.9 Å². The summed E-state index contributed by atoms with van der Waals surface area (Å²) >= 11 is 0. The highest BCUT2D eigenvalue weighted by Crippen LogP contribution is 2.37. The van der Waals surface area contributed by atoms with Crippen molar-refractivity contribution in [3.8, 4) is 23.0 Å². The Morgan fingerprint density at radius 2 is 0.846 bits per heavy atom. The van der Waals surface area contributed by atoms with Crippen LogP contribution < -0.4 is 46.0 Å². The third-order valence-electron chi connectivity index (χ3n) is 12.4. The number of aromatic carboxylic acids is 1. The van der Waals surface area contributed by atoms with Gasteiger partial charge in [-0.15, -0.1) is 0 Å². The van der Waals surface area contributed by atoms with Gasteiger partial charge in [0.25, 0.3) is 28.8 Å². The summed E-state index contributed by atoms with van der Waals surface area (Å²) in [4.78, 5) is 95.6. The van der Waals surface area contributed by atoms with Gasteiger partial charge in [0.05, 0.1) is 16.7 Å². The average molecular weight is 1060 g/mol. The van der Waals surface area contributed by atoms with Crippen LogP contribution in [0.4, 0.5) is 0 Å². The minimum Gasteiger partial charge on any atom is -0.484 e. The van der Waals surface area contributed by atoms with E-state index in [1.54, 1.807) is 53.4 Å². The third kappa shape index (κ3) is 15.8. The van der Waals surface area contributed by atoms with Gasteiger partial charge in [-0.25, -0.2) is 4.79 Å². The van der Waals surface area contributed by atoms with Gasteiger partial charge in [0.2, 0.25) is 0 Å². The SMILES string of the molecule is Cn1ccc(C(=O)NCCN(CCNC(=O)c2ccn(C)c(=O)c2OCc2ccccc2)CC(CCC(=O)O)NC(=O)c2ccc(C(=O)O)c(OCc3ccccc3)c2OCc2ccccc2)c(OCc2ccccc2)c1=O. The molecule has 0 bridgehead atoms. The summed E-state index contributed by atoms with van der Waals surface area (Å²) in [5.74, 6) is -5.11. The van der Waals surface area contributed by atoms with Crippen molar-refractivity contribution in [1.82, 2.24) is 30.0 Å². The number of benzene rings is 5. The molecular formula is C59H60N6O13. The first kappa shape index (κ1) is 56.2. The van der Waals surface area contributed by atoms with Crippen molar-refractivity contribution in [3.63, 3.8) is 0 Å². The molecule has 1 unspecified atom stereocenters. The fourth-order valence-electron chi connectivity index (χ4n) is 8.18. The number of aliphatic carboxylic acids is 1. The minimum atomic E-state index is -1.33. The highest BCUT2D eigenvalue weighted by Gasteiger charge is 2.28. The van der Waals surface area contributed by atoms with Gasteiger partial charge < -0.3 is 54.2 Å². The summed E-state index contributed by atoms with van der Waals surface area (Å²) < 4.78 is 26.8. The number of nitrogens with one attached hydrogen (secondary N) is 3. The van der Waals surface area contributed by atoms with E-state index in [0.29, 0.717) is 11.1 Å². The normalized spacial score (nSPS) is 11.3. The molecule has 78 heavy (non-hydrogen) atoms. The molecule has 19 nitrogen and oxygen atoms in total. The average Bonchev–Trinajstić information content (AvgIpc) is 3.45. The van der Waals surface area contributed by atoms with Crippen LogP contribution >= 0.6 is 0 Å². The van der Waals surface area contributed by atoms with Crippen LogP contribution in [0.25, 0.3) is 0 Å². The number of amides is 3. The van der Waals surface area contributed by atoms with Gasteiger partial charge in [-0.05, 0) is 52.9 Å². The smallest absolute Gasteiger partial charge is 0.339 e. The second-order valence-electron chi connectivity index (χ2n) is 18.1. The van der Waals surface area contributed by atoms with Crippen molar-refractivity contribution < 1.29 is 53.1 Å². The molecule has 404 valence electrons. The largest absolute Gasteiger partial charge is 0.484 e. The first-order chi connectivity index (χ1) is 37.7. The molecule has 7 aromatic rings. The number of carboxylic acid groups (broad SMARTS) is 2. The van der Waals surface area contributed by atoms with Crippen LogP contribution in [0.15, 0.2) is 168 Å². The number of carbonyl (C=O) groups excluding carboxylic acids is 3. The Morgan fingerprint density at radius 3 is 1.23 bits per heavy atom. The number of ether oxygens (including phenoxy) is 4. The van der Waals surface area contributed by atoms with Crippen LogP contribution in [0.5, 0.6) is 23.0 Å². The molecular weight excluding hydrogens is 1000 g/mol. The second-order valence-corrected chi connectivity index (χ2v) is 18.1. The van der Waals surface area contributed by atoms with Crippen molar-refractivity contribution in [2.75, 3.05) is 32.7 Å². The third-order valence-corrected chi connectivity index (χ3v) is 12.4. The van der Waals surface area contributed by atoms with Crippen molar-refractivity contribution in [1.29, 1.82) is 0 Å². The standard InChI is InChI=1S/C59H60N6O13/c1-63-31-27-46(52(57(63)71)77-38-42-19-11-5-12-20-42)54(68)60-29-33-65(34-30-61-55(69)47-28-32-64(2)58(72)53(47)78-39-43-21-13-6-14-22-43)35-44(23-26-49(66)67)62-56(70)45-24-25-48(59(73)74)51(76-37-41-17-9-4-10-18-41)50(45)75-36-40-15-7-3-8-16-40/h3-22,24-25,27-28,31-32,44H,23,26,29-30,33-39H2,1-2H3,(H,60,68)(H,61,69)(H,62,70)(H,66,67)(H,73,74). The Labute approximate surface area is 449 Å². The van der Waals surface area contributed by atoms with Crippen molar-refractivity contribution >= 4 is 29.7 Å². The Hall–Kier alpha value is -9.49. The lowest BCUT2D eigenvalue weighted by atomic mass is 10.1. The number of carboxylic acids is 2. The van der Waals surface area contributed by atoms with E-state index in [1.807, 2.05) is 72.8 Å². The van der Waals surface area contributed by atoms with Gasteiger partial charge in [-0.3, -0.25) is 33.7 Å². The van der Waals surface area contributed by atoms with Gasteiger partial charge in [-0.2, -0.15) is 0 Å². The summed E-state index contributed by atoms with van der Waals surface area (Å²) in [6.07, 6.45) is 2.43. The molecule has 1 atom stereocenters. The van der Waals surface area contributed by atoms with Crippen LogP contribution in [-0.2, 0) is 45.3 Å². The molecule has 0 aliphatic carbocycles. The molecule has 7 rings (SSSR count). The number of hydrogen-bond donors (Lipinski definition) is 5. The summed E-state index contributed by atoms with van der Waals surface area (Å²) in [7, 11) is 3.07. The molecule has 2 heterocycles. The monoisotopic (exact) mass is 1060 g/mol. The summed E-state index contributed by atoms with van der Waals surface area (Å²) in [5, 5.41) is 28.9. The van der Waals surface area contributed by atoms with E-state index in [-0.39, 0.29) is 117 Å². The van der Waals surface area contributed by atoms with E-state index >= 15 is 0 Å². The molecule has 0 aliphatic rings. The van der Waals surface area contributed by atoms with Crippen LogP contribution in [0, 0.1) is 0 Å². The van der Waals surface area contributed by atoms with Crippen LogP contribution in [0.3, 0.4) is 0 Å². The molecule has 0 aliphatic heterocycles. The maximum Gasteiger partial charge on any atom is 0.339 e. The first-order valence-electron chi connectivity index (χ1n) is 25.0. The zero-order valence-electron chi connectivity index (χ0n) is 43.1. The number of aromatic nitrogens is 2. The zero-order chi connectivity index (χ0) is 55.4. The van der Waals surface area contributed by atoms with E-state index in [2.05, 4.69) is 16.0 Å². The van der Waals surface area contributed by atoms with Gasteiger partial charge in [0.15, 0.2) is 23.0 Å². The number of rotatable bonds is 28. The van der Waals surface area contributed by atoms with Gasteiger partial charge in [0.1, 0.15) is 32.0 Å². The maximum absolute atomic E-state index is 14.6. The van der Waals surface area contributed by atoms with Crippen LogP contribution in [0.1, 0.15) is 76.5 Å². The highest BCUT2D eigenvalue weighted by atomic mass is 16.5. The van der Waals surface area contributed by atoms with E-state index in [4.69, 9.17) is 18.9 Å². The Bertz CT molecular complexity index is 3170. The summed E-state index contributed by atoms with van der Waals surface area (Å²) in [6.45, 7) is -0.0748. The lowest BCUT2D eigenvalue weighted by Gasteiger charge is -2.29. The fourth-order valence-corrected chi connectivity index (χ4v) is 8.18. The van der Waals surface area contributed by atoms with Gasteiger partial charge in [0, 0.05) is 71.7 Å². The number of nitrogens with zero attached hydrogens (tertiary/aromatic N) is 3. The topological polar surface area (TPSA) is 246 Å². The van der Waals surface area contributed by atoms with Gasteiger partial charge >= 0.3 is 11.9 Å². The van der Waals surface area contributed by atoms with E-state index in [9.17, 15) is 43.8 Å². The highest BCUT2D eigenvalue weighted by molar-refractivity contribution is 6.01. The molecule has 19 heteroatoms. The van der Waals surface area contributed by atoms with Crippen molar-refractivity contribution in [2.24, 2.45) is 14.1 Å². The summed E-state index contributed by atoms with van der Waals surface area (Å²) in [6, 6.07) is 40.8. The summed E-state index contributed by atoms with van der Waals surface area (Å²) in [5.41, 5.74) is 1.55. The Kier molecular flexibility index (Phi) is 20.1. The molecule has 3 amide bonds. The van der Waals surface area contributed by atoms with E-state index < -0.39 is 46.8 Å². The molecule has 2 aromatic heterocycles. The number of pyridine rings is 2. The Balaban J connectivity index is 1.15. The molecule has 0 fully saturated rings. The maximum atomic E-state index is 14.6. The zero-order valence-corrected chi connectivity index (χ0v) is 43.1. The fraction of sp³-hybridized carbons (Fsp3) is 0.237. The molecule has 0 spiro atoms.